The van der Waals surface area contributed by atoms with Crippen molar-refractivity contribution in [2.24, 2.45) is 0 Å². The van der Waals surface area contributed by atoms with Crippen LogP contribution in [0.5, 0.6) is 0 Å². The average molecular weight is 865 g/mol. The minimum Gasteiger partial charge on any atom is -0.477 e. The number of allylic oxidation sites excluding steroid dienone is 16. The number of carboxylic acid groups (broad SMARTS) is 1. The summed E-state index contributed by atoms with van der Waals surface area (Å²) in [4.78, 5) is 37.1. The zero-order valence-corrected chi connectivity index (χ0v) is 40.0. The normalized spacial score (nSPS) is 13.8. The fourth-order valence-corrected chi connectivity index (χ4v) is 6.69. The summed E-state index contributed by atoms with van der Waals surface area (Å²) in [5.74, 6) is -1.53. The molecule has 0 bridgehead atoms. The highest BCUT2D eigenvalue weighted by atomic mass is 16.6. The number of hydrogen-bond donors (Lipinski definition) is 1. The van der Waals surface area contributed by atoms with Gasteiger partial charge in [-0.25, -0.2) is 4.79 Å². The molecule has 0 saturated carbocycles. The highest BCUT2D eigenvalue weighted by molar-refractivity contribution is 5.72. The lowest BCUT2D eigenvalue weighted by molar-refractivity contribution is -0.887. The number of carbonyl (C=O) groups is 3. The molecule has 0 rings (SSSR count). The zero-order chi connectivity index (χ0) is 45.6. The predicted molar refractivity (Wildman–Crippen MR) is 261 cm³/mol. The van der Waals surface area contributed by atoms with Crippen molar-refractivity contribution in [2.75, 3.05) is 41.0 Å². The van der Waals surface area contributed by atoms with Gasteiger partial charge in [-0.2, -0.15) is 0 Å². The van der Waals surface area contributed by atoms with Crippen molar-refractivity contribution in [3.63, 3.8) is 0 Å². The van der Waals surface area contributed by atoms with Crippen molar-refractivity contribution in [1.82, 2.24) is 0 Å². The van der Waals surface area contributed by atoms with Gasteiger partial charge in [0.25, 0.3) is 0 Å². The van der Waals surface area contributed by atoms with Gasteiger partial charge in [-0.1, -0.05) is 195 Å². The zero-order valence-electron chi connectivity index (χ0n) is 40.0. The molecule has 0 spiro atoms. The van der Waals surface area contributed by atoms with Crippen LogP contribution < -0.4 is 0 Å². The molecule has 0 aromatic rings. The number of carboxylic acids is 1. The molecular weight excluding hydrogens is 775 g/mol. The smallest absolute Gasteiger partial charge is 0.362 e. The molecule has 0 heterocycles. The van der Waals surface area contributed by atoms with Crippen LogP contribution in [0.4, 0.5) is 0 Å². The fraction of sp³-hybridized carbons (Fsp3) is 0.648. The molecule has 352 valence electrons. The molecule has 0 aliphatic rings. The Morgan fingerprint density at radius 3 is 1.45 bits per heavy atom. The highest BCUT2D eigenvalue weighted by Crippen LogP contribution is 2.15. The van der Waals surface area contributed by atoms with Crippen molar-refractivity contribution >= 4 is 17.9 Å². The van der Waals surface area contributed by atoms with E-state index in [0.29, 0.717) is 19.3 Å². The van der Waals surface area contributed by atoms with E-state index in [0.717, 1.165) is 64.2 Å². The number of likely N-dealkylation sites (N-methyl/N-ethyl adjacent to an activating group) is 1. The average Bonchev–Trinajstić information content (AvgIpc) is 3.23. The summed E-state index contributed by atoms with van der Waals surface area (Å²) in [5.41, 5.74) is 0. The summed E-state index contributed by atoms with van der Waals surface area (Å²) in [6, 6.07) is -0.627. The molecule has 2 atom stereocenters. The van der Waals surface area contributed by atoms with Gasteiger partial charge in [-0.15, -0.1) is 0 Å². The van der Waals surface area contributed by atoms with Gasteiger partial charge in [0.05, 0.1) is 34.4 Å². The lowest BCUT2D eigenvalue weighted by Crippen LogP contribution is -2.50. The van der Waals surface area contributed by atoms with E-state index in [1.54, 1.807) is 0 Å². The first-order chi connectivity index (χ1) is 30.1. The topological polar surface area (TPSA) is 99.1 Å². The molecule has 62 heavy (non-hydrogen) atoms. The molecule has 0 radical (unpaired) electrons. The molecule has 0 aromatic carbocycles. The van der Waals surface area contributed by atoms with Gasteiger partial charge < -0.3 is 23.8 Å². The maximum atomic E-state index is 12.8. The summed E-state index contributed by atoms with van der Waals surface area (Å²) < 4.78 is 17.3. The van der Waals surface area contributed by atoms with Crippen LogP contribution in [0.15, 0.2) is 97.2 Å². The number of esters is 2. The van der Waals surface area contributed by atoms with Gasteiger partial charge in [-0.3, -0.25) is 9.59 Å². The molecule has 0 amide bonds. The summed E-state index contributed by atoms with van der Waals surface area (Å²) in [6.07, 6.45) is 58.8. The third-order valence-corrected chi connectivity index (χ3v) is 10.4. The lowest BCUT2D eigenvalue weighted by Gasteiger charge is -2.31. The number of ether oxygens (including phenoxy) is 3. The Morgan fingerprint density at radius 2 is 0.935 bits per heavy atom. The van der Waals surface area contributed by atoms with Gasteiger partial charge in [0.15, 0.2) is 12.1 Å². The Kier molecular flexibility index (Phi) is 41.2. The molecule has 2 unspecified atom stereocenters. The Balaban J connectivity index is 4.34. The van der Waals surface area contributed by atoms with Crippen LogP contribution in [-0.2, 0) is 28.6 Å². The molecule has 0 aromatic heterocycles. The van der Waals surface area contributed by atoms with Crippen LogP contribution in [0.2, 0.25) is 0 Å². The fourth-order valence-electron chi connectivity index (χ4n) is 6.69. The van der Waals surface area contributed by atoms with E-state index in [9.17, 15) is 19.5 Å². The molecule has 0 fully saturated rings. The number of hydrogen-bond acceptors (Lipinski definition) is 6. The molecular formula is C54H90NO7+. The standard InChI is InChI=1S/C54H89NO7/c1-6-8-10-12-14-16-18-20-22-24-25-26-27-29-31-33-35-37-39-41-43-45-53(57)62-50(48-60-47-46-51(54(58)59)55(3,4)5)49-61-52(56)44-42-40-38-36-34-32-30-28-23-21-19-17-15-13-11-9-7-2/h8-11,13-17,19,21,23,28,30,32,34,50-51H,6-7,12,18,20,22,24-27,29,31,33,35-49H2,1-5H3/p+1/b10-8+,11-9+,15-13+,16-14+,19-17+,23-21+,30-28+,34-32+. The Hall–Kier alpha value is -3.75. The SMILES string of the molecule is CC/C=C/C=C/C=C/C=C/C=C/C=C/CCCCCC(=O)OCC(COCCC(C(=O)O)[N+](C)(C)C)OC(=O)CCCCCCCCCCCCCCCC/C=C/C/C=C/CC. The van der Waals surface area contributed by atoms with Crippen LogP contribution in [0, 0.1) is 0 Å². The monoisotopic (exact) mass is 865 g/mol. The van der Waals surface area contributed by atoms with E-state index in [2.05, 4.69) is 50.3 Å². The van der Waals surface area contributed by atoms with Crippen LogP contribution >= 0.6 is 0 Å². The van der Waals surface area contributed by atoms with Crippen LogP contribution in [0.25, 0.3) is 0 Å². The number of quaternary nitrogens is 1. The van der Waals surface area contributed by atoms with Gasteiger partial charge in [0.2, 0.25) is 0 Å². The van der Waals surface area contributed by atoms with E-state index >= 15 is 0 Å². The minimum atomic E-state index is -0.885. The van der Waals surface area contributed by atoms with Crippen molar-refractivity contribution in [3.8, 4) is 0 Å². The lowest BCUT2D eigenvalue weighted by atomic mass is 10.0. The third-order valence-electron chi connectivity index (χ3n) is 10.4. The Morgan fingerprint density at radius 1 is 0.500 bits per heavy atom. The number of nitrogens with zero attached hydrogens (tertiary/aromatic N) is 1. The summed E-state index contributed by atoms with van der Waals surface area (Å²) >= 11 is 0. The van der Waals surface area contributed by atoms with Gasteiger partial charge >= 0.3 is 17.9 Å². The van der Waals surface area contributed by atoms with E-state index in [1.165, 1.54) is 77.0 Å². The molecule has 8 heteroatoms. The Bertz CT molecular complexity index is 1330. The predicted octanol–water partition coefficient (Wildman–Crippen LogP) is 13.9. The van der Waals surface area contributed by atoms with Gasteiger partial charge in [0.1, 0.15) is 6.61 Å². The van der Waals surface area contributed by atoms with E-state index in [-0.39, 0.29) is 36.2 Å². The summed E-state index contributed by atoms with van der Waals surface area (Å²) in [6.45, 7) is 4.44. The number of aliphatic carboxylic acids is 1. The third kappa shape index (κ3) is 41.6. The molecule has 0 aliphatic heterocycles. The first-order valence-electron chi connectivity index (χ1n) is 24.4. The van der Waals surface area contributed by atoms with Gasteiger partial charge in [-0.05, 0) is 57.8 Å². The van der Waals surface area contributed by atoms with Crippen molar-refractivity contribution in [1.29, 1.82) is 0 Å². The number of carbonyl (C=O) groups excluding carboxylic acids is 2. The first kappa shape index (κ1) is 58.2. The molecule has 1 N–H and O–H groups in total. The van der Waals surface area contributed by atoms with E-state index in [4.69, 9.17) is 14.2 Å². The number of unbranched alkanes of at least 4 members (excludes halogenated alkanes) is 17. The van der Waals surface area contributed by atoms with Crippen LogP contribution in [0.1, 0.15) is 174 Å². The molecule has 0 saturated heterocycles. The quantitative estimate of drug-likeness (QED) is 0.0214. The molecule has 0 aliphatic carbocycles. The van der Waals surface area contributed by atoms with Crippen molar-refractivity contribution in [2.45, 2.75) is 187 Å². The van der Waals surface area contributed by atoms with Crippen molar-refractivity contribution in [3.05, 3.63) is 97.2 Å². The molecule has 8 nitrogen and oxygen atoms in total. The van der Waals surface area contributed by atoms with Crippen LogP contribution in [0.3, 0.4) is 0 Å². The first-order valence-corrected chi connectivity index (χ1v) is 24.4. The second-order valence-corrected chi connectivity index (χ2v) is 17.1. The summed E-state index contributed by atoms with van der Waals surface area (Å²) in [5, 5.41) is 9.64. The highest BCUT2D eigenvalue weighted by Gasteiger charge is 2.31. The summed E-state index contributed by atoms with van der Waals surface area (Å²) in [7, 11) is 5.51. The second kappa shape index (κ2) is 43.9. The number of rotatable bonds is 42. The van der Waals surface area contributed by atoms with E-state index in [1.807, 2.05) is 81.9 Å². The second-order valence-electron chi connectivity index (χ2n) is 17.1. The van der Waals surface area contributed by atoms with Crippen molar-refractivity contribution < 1.29 is 38.2 Å². The maximum absolute atomic E-state index is 12.8. The minimum absolute atomic E-state index is 0.0412. The van der Waals surface area contributed by atoms with Crippen LogP contribution in [-0.4, -0.2) is 80.6 Å². The van der Waals surface area contributed by atoms with E-state index < -0.39 is 18.1 Å². The Labute approximate surface area is 379 Å². The maximum Gasteiger partial charge on any atom is 0.362 e. The largest absolute Gasteiger partial charge is 0.477 e. The van der Waals surface area contributed by atoms with Gasteiger partial charge in [0, 0.05) is 19.3 Å².